The van der Waals surface area contributed by atoms with E-state index in [0.717, 1.165) is 35.5 Å². The number of unbranched alkanes of at least 4 members (excludes halogenated alkanes) is 5. The number of rotatable bonds is 11. The second-order valence-corrected chi connectivity index (χ2v) is 7.56. The molecule has 0 aliphatic carbocycles. The summed E-state index contributed by atoms with van der Waals surface area (Å²) in [6, 6.07) is 7.08. The van der Waals surface area contributed by atoms with Gasteiger partial charge in [-0.1, -0.05) is 39.0 Å². The zero-order chi connectivity index (χ0) is 15.6. The Morgan fingerprint density at radius 3 is 2.24 bits per heavy atom. The molecule has 4 nitrogen and oxygen atoms in total. The Morgan fingerprint density at radius 2 is 1.62 bits per heavy atom. The molecule has 0 aromatic heterocycles. The smallest absolute Gasteiger partial charge is 0.278 e. The molecular formula is C15H24O4S2. The van der Waals surface area contributed by atoms with Crippen molar-refractivity contribution in [2.75, 3.05) is 12.9 Å². The van der Waals surface area contributed by atoms with Crippen molar-refractivity contribution >= 4 is 22.2 Å². The van der Waals surface area contributed by atoms with Gasteiger partial charge in [0.2, 0.25) is 0 Å². The molecule has 1 aromatic rings. The van der Waals surface area contributed by atoms with E-state index in [1.54, 1.807) is 31.4 Å². The molecule has 0 bridgehead atoms. The molecule has 0 aliphatic heterocycles. The second kappa shape index (κ2) is 10.1. The number of ether oxygens (including phenoxy) is 1. The fraction of sp³-hybridized carbons (Fsp3) is 0.600. The minimum absolute atomic E-state index is 0.0856. The molecule has 21 heavy (non-hydrogen) atoms. The van der Waals surface area contributed by atoms with Gasteiger partial charge in [-0.15, -0.1) is 0 Å². The van der Waals surface area contributed by atoms with Crippen molar-refractivity contribution in [2.24, 2.45) is 0 Å². The van der Waals surface area contributed by atoms with Crippen molar-refractivity contribution in [3.63, 3.8) is 0 Å². The van der Waals surface area contributed by atoms with Gasteiger partial charge in [0.15, 0.2) is 0 Å². The first-order valence-electron chi connectivity index (χ1n) is 7.30. The number of methoxy groups -OCH3 is 1. The zero-order valence-electron chi connectivity index (χ0n) is 12.7. The van der Waals surface area contributed by atoms with Crippen molar-refractivity contribution in [3.05, 3.63) is 24.3 Å². The molecule has 0 atom stereocenters. The lowest BCUT2D eigenvalue weighted by Gasteiger charge is -2.05. The third-order valence-corrected chi connectivity index (χ3v) is 5.40. The fourth-order valence-corrected chi connectivity index (χ4v) is 3.62. The number of hydrogen-bond donors (Lipinski definition) is 0. The maximum Gasteiger partial charge on any atom is 0.278 e. The Bertz CT molecular complexity index is 483. The van der Waals surface area contributed by atoms with Crippen molar-refractivity contribution in [2.45, 2.75) is 50.3 Å². The predicted octanol–water partition coefficient (Wildman–Crippen LogP) is 4.41. The van der Waals surface area contributed by atoms with Crippen LogP contribution >= 0.6 is 12.0 Å². The highest BCUT2D eigenvalue weighted by atomic mass is 32.3. The van der Waals surface area contributed by atoms with E-state index in [4.69, 9.17) is 8.37 Å². The van der Waals surface area contributed by atoms with Crippen molar-refractivity contribution in [1.29, 1.82) is 0 Å². The highest BCUT2D eigenvalue weighted by molar-refractivity contribution is 8.04. The highest BCUT2D eigenvalue weighted by Crippen LogP contribution is 2.24. The average molecular weight is 332 g/mol. The molecule has 120 valence electrons. The summed E-state index contributed by atoms with van der Waals surface area (Å²) in [4.78, 5) is 0.738. The van der Waals surface area contributed by atoms with Gasteiger partial charge < -0.3 is 4.74 Å². The van der Waals surface area contributed by atoms with Crippen molar-refractivity contribution in [1.82, 2.24) is 0 Å². The lowest BCUT2D eigenvalue weighted by Crippen LogP contribution is -2.06. The summed E-state index contributed by atoms with van der Waals surface area (Å²) in [5.74, 6) is 0.816. The number of benzene rings is 1. The Kier molecular flexibility index (Phi) is 8.80. The Balaban J connectivity index is 2.25. The van der Waals surface area contributed by atoms with E-state index in [-0.39, 0.29) is 5.75 Å². The van der Waals surface area contributed by atoms with Crippen LogP contribution in [0.25, 0.3) is 0 Å². The van der Waals surface area contributed by atoms with Crippen molar-refractivity contribution < 1.29 is 16.8 Å². The van der Waals surface area contributed by atoms with E-state index in [1.165, 1.54) is 19.3 Å². The quantitative estimate of drug-likeness (QED) is 0.444. The normalized spacial score (nSPS) is 11.5. The SMILES string of the molecule is CCCCCCCCS(=O)(=O)OSc1ccc(OC)cc1. The molecule has 0 saturated carbocycles. The molecular weight excluding hydrogens is 308 g/mol. The molecule has 1 rings (SSSR count). The van der Waals surface area contributed by atoms with Gasteiger partial charge >= 0.3 is 0 Å². The van der Waals surface area contributed by atoms with Gasteiger partial charge in [-0.3, -0.25) is 0 Å². The van der Waals surface area contributed by atoms with Crippen LogP contribution in [-0.2, 0) is 13.7 Å². The molecule has 0 spiro atoms. The summed E-state index contributed by atoms with van der Waals surface area (Å²) in [5.41, 5.74) is 0. The first kappa shape index (κ1) is 18.3. The van der Waals surface area contributed by atoms with Crippen LogP contribution < -0.4 is 4.74 Å². The van der Waals surface area contributed by atoms with Crippen LogP contribution in [-0.4, -0.2) is 21.3 Å². The summed E-state index contributed by atoms with van der Waals surface area (Å²) in [6.07, 6.45) is 6.29. The van der Waals surface area contributed by atoms with Gasteiger partial charge in [-0.25, -0.2) is 0 Å². The largest absolute Gasteiger partial charge is 0.497 e. The third kappa shape index (κ3) is 8.34. The first-order chi connectivity index (χ1) is 10.1. The van der Waals surface area contributed by atoms with Crippen LogP contribution in [0.15, 0.2) is 29.2 Å². The van der Waals surface area contributed by atoms with E-state index in [9.17, 15) is 8.42 Å². The topological polar surface area (TPSA) is 52.6 Å². The van der Waals surface area contributed by atoms with E-state index >= 15 is 0 Å². The van der Waals surface area contributed by atoms with E-state index in [1.807, 2.05) is 0 Å². The monoisotopic (exact) mass is 332 g/mol. The first-order valence-corrected chi connectivity index (χ1v) is 9.62. The van der Waals surface area contributed by atoms with Crippen LogP contribution in [0.3, 0.4) is 0 Å². The predicted molar refractivity (Wildman–Crippen MR) is 87.1 cm³/mol. The van der Waals surface area contributed by atoms with Gasteiger partial charge in [0.05, 0.1) is 12.9 Å². The molecule has 1 aromatic carbocycles. The second-order valence-electron chi connectivity index (χ2n) is 4.86. The molecule has 0 aliphatic rings. The molecule has 0 radical (unpaired) electrons. The minimum atomic E-state index is -3.46. The molecule has 0 unspecified atom stereocenters. The van der Waals surface area contributed by atoms with Gasteiger partial charge in [0.25, 0.3) is 10.1 Å². The van der Waals surface area contributed by atoms with Crippen LogP contribution in [0.5, 0.6) is 5.75 Å². The van der Waals surface area contributed by atoms with Crippen LogP contribution in [0, 0.1) is 0 Å². The Labute approximate surface area is 132 Å². The molecule has 0 N–H and O–H groups in total. The molecule has 0 amide bonds. The molecule has 6 heteroatoms. The third-order valence-electron chi connectivity index (χ3n) is 3.04. The van der Waals surface area contributed by atoms with Crippen LogP contribution in [0.1, 0.15) is 45.4 Å². The Morgan fingerprint density at radius 1 is 1.00 bits per heavy atom. The zero-order valence-corrected chi connectivity index (χ0v) is 14.3. The maximum absolute atomic E-state index is 11.7. The summed E-state index contributed by atoms with van der Waals surface area (Å²) in [7, 11) is -1.87. The standard InChI is InChI=1S/C15H24O4S2/c1-3-4-5-6-7-8-13-21(16,17)19-20-15-11-9-14(18-2)10-12-15/h9-12H,3-8,13H2,1-2H3. The summed E-state index contributed by atoms with van der Waals surface area (Å²) < 4.78 is 33.5. The van der Waals surface area contributed by atoms with Crippen LogP contribution in [0.4, 0.5) is 0 Å². The highest BCUT2D eigenvalue weighted by Gasteiger charge is 2.12. The van der Waals surface area contributed by atoms with Gasteiger partial charge in [-0.05, 0) is 30.7 Å². The fourth-order valence-electron chi connectivity index (χ4n) is 1.82. The summed E-state index contributed by atoms with van der Waals surface area (Å²) in [5, 5.41) is 0. The maximum atomic E-state index is 11.7. The molecule has 0 heterocycles. The Hall–Kier alpha value is -0.720. The van der Waals surface area contributed by atoms with E-state index in [0.29, 0.717) is 6.42 Å². The molecule has 0 saturated heterocycles. The minimum Gasteiger partial charge on any atom is -0.497 e. The van der Waals surface area contributed by atoms with Gasteiger partial charge in [0, 0.05) is 16.9 Å². The van der Waals surface area contributed by atoms with Crippen LogP contribution in [0.2, 0.25) is 0 Å². The van der Waals surface area contributed by atoms with E-state index in [2.05, 4.69) is 6.92 Å². The lowest BCUT2D eigenvalue weighted by atomic mass is 10.1. The van der Waals surface area contributed by atoms with Gasteiger partial charge in [-0.2, -0.15) is 12.0 Å². The summed E-state index contributed by atoms with van der Waals surface area (Å²) >= 11 is 0.875. The van der Waals surface area contributed by atoms with Gasteiger partial charge in [0.1, 0.15) is 5.75 Å². The number of hydrogen-bond acceptors (Lipinski definition) is 5. The molecule has 0 fully saturated rings. The lowest BCUT2D eigenvalue weighted by molar-refractivity contribution is 0.414. The summed E-state index contributed by atoms with van der Waals surface area (Å²) in [6.45, 7) is 2.16. The average Bonchev–Trinajstić information content (AvgIpc) is 2.49. The van der Waals surface area contributed by atoms with Crippen molar-refractivity contribution in [3.8, 4) is 5.75 Å². The van der Waals surface area contributed by atoms with E-state index < -0.39 is 10.1 Å².